The fraction of sp³-hybridized carbons (Fsp3) is 0.619. The molecule has 1 fully saturated rings. The number of amides is 1. The van der Waals surface area contributed by atoms with E-state index >= 15 is 0 Å². The number of hydrogen-bond donors (Lipinski definition) is 0. The number of rotatable bonds is 6. The van der Waals surface area contributed by atoms with Crippen LogP contribution in [0.5, 0.6) is 0 Å². The molecule has 1 amide bonds. The van der Waals surface area contributed by atoms with E-state index in [1.54, 1.807) is 4.90 Å². The molecule has 0 N–H and O–H groups in total. The molecule has 0 radical (unpaired) electrons. The number of halogens is 2. The molecule has 156 valence electrons. The maximum atomic E-state index is 12.5. The third-order valence-corrected chi connectivity index (χ3v) is 7.62. The second-order valence-electron chi connectivity index (χ2n) is 7.89. The largest absolute Gasteiger partial charge is 0.462 e. The van der Waals surface area contributed by atoms with Gasteiger partial charge in [-0.05, 0) is 109 Å². The Morgan fingerprint density at radius 3 is 2.46 bits per heavy atom. The van der Waals surface area contributed by atoms with Crippen LogP contribution in [-0.2, 0) is 9.47 Å². The summed E-state index contributed by atoms with van der Waals surface area (Å²) in [5.41, 5.74) is 1.32. The van der Waals surface area contributed by atoms with Crippen LogP contribution in [-0.4, -0.2) is 42.3 Å². The highest BCUT2D eigenvalue weighted by Gasteiger charge is 2.28. The molecule has 0 aromatic heterocycles. The Morgan fingerprint density at radius 1 is 1.21 bits per heavy atom. The fourth-order valence-corrected chi connectivity index (χ4v) is 4.89. The van der Waals surface area contributed by atoms with Crippen LogP contribution in [0.15, 0.2) is 12.1 Å². The number of ether oxygens (including phenoxy) is 2. The molecule has 5 nitrogen and oxygen atoms in total. The van der Waals surface area contributed by atoms with Crippen LogP contribution in [0.25, 0.3) is 0 Å². The second-order valence-corrected chi connectivity index (χ2v) is 10.1. The van der Waals surface area contributed by atoms with Crippen molar-refractivity contribution < 1.29 is 19.1 Å². The van der Waals surface area contributed by atoms with Gasteiger partial charge in [-0.1, -0.05) is 13.0 Å². The van der Waals surface area contributed by atoms with E-state index in [0.717, 1.165) is 38.4 Å². The van der Waals surface area contributed by atoms with Gasteiger partial charge in [-0.3, -0.25) is 0 Å². The summed E-state index contributed by atoms with van der Waals surface area (Å²) in [6.07, 6.45) is 3.23. The first-order valence-electron chi connectivity index (χ1n) is 9.74. The summed E-state index contributed by atoms with van der Waals surface area (Å²) in [7, 11) is 0. The summed E-state index contributed by atoms with van der Waals surface area (Å²) in [6.45, 7) is 9.69. The van der Waals surface area contributed by atoms with Crippen LogP contribution in [0.2, 0.25) is 0 Å². The zero-order valence-electron chi connectivity index (χ0n) is 17.0. The molecular weight excluding hydrogens is 584 g/mol. The molecule has 0 atom stereocenters. The molecule has 2 rings (SSSR count). The van der Waals surface area contributed by atoms with Gasteiger partial charge in [0.2, 0.25) is 0 Å². The first kappa shape index (κ1) is 23.7. The molecule has 1 aliphatic heterocycles. The average molecular weight is 613 g/mol. The maximum Gasteiger partial charge on any atom is 0.410 e. The molecule has 1 saturated heterocycles. The monoisotopic (exact) mass is 613 g/mol. The van der Waals surface area contributed by atoms with E-state index in [9.17, 15) is 9.59 Å². The second kappa shape index (κ2) is 10.4. The third kappa shape index (κ3) is 6.47. The number of nitrogens with zero attached hydrogens (tertiary/aromatic N) is 1. The lowest BCUT2D eigenvalue weighted by molar-refractivity contribution is 0.00481. The summed E-state index contributed by atoms with van der Waals surface area (Å²) >= 11 is 4.38. The summed E-state index contributed by atoms with van der Waals surface area (Å²) in [5.74, 6) is 0.215. The van der Waals surface area contributed by atoms with Crippen molar-refractivity contribution in [3.05, 3.63) is 30.4 Å². The Morgan fingerprint density at radius 2 is 1.86 bits per heavy atom. The Hall–Kier alpha value is -0.580. The van der Waals surface area contributed by atoms with E-state index in [1.807, 2.05) is 39.8 Å². The molecule has 7 heteroatoms. The van der Waals surface area contributed by atoms with Crippen LogP contribution in [0.4, 0.5) is 4.79 Å². The molecule has 0 unspecified atom stereocenters. The van der Waals surface area contributed by atoms with E-state index in [1.165, 1.54) is 0 Å². The number of esters is 1. The highest BCUT2D eigenvalue weighted by atomic mass is 127. The zero-order valence-corrected chi connectivity index (χ0v) is 21.3. The highest BCUT2D eigenvalue weighted by Crippen LogP contribution is 2.25. The van der Waals surface area contributed by atoms with Gasteiger partial charge in [0.15, 0.2) is 0 Å². The van der Waals surface area contributed by atoms with E-state index in [0.29, 0.717) is 31.2 Å². The van der Waals surface area contributed by atoms with Gasteiger partial charge >= 0.3 is 12.1 Å². The average Bonchev–Trinajstić information content (AvgIpc) is 2.65. The lowest BCUT2D eigenvalue weighted by atomic mass is 9.94. The molecule has 0 saturated carbocycles. The van der Waals surface area contributed by atoms with Crippen molar-refractivity contribution >= 4 is 57.2 Å². The van der Waals surface area contributed by atoms with E-state index in [-0.39, 0.29) is 12.1 Å². The van der Waals surface area contributed by atoms with Crippen molar-refractivity contribution in [2.45, 2.75) is 59.0 Å². The van der Waals surface area contributed by atoms with Crippen molar-refractivity contribution in [1.29, 1.82) is 0 Å². The molecule has 28 heavy (non-hydrogen) atoms. The first-order chi connectivity index (χ1) is 13.1. The van der Waals surface area contributed by atoms with Crippen molar-refractivity contribution in [2.75, 3.05) is 19.7 Å². The number of hydrogen-bond acceptors (Lipinski definition) is 4. The van der Waals surface area contributed by atoms with Crippen molar-refractivity contribution in [2.24, 2.45) is 5.92 Å². The number of carbonyl (C=O) groups excluding carboxylic acids is 2. The van der Waals surface area contributed by atoms with Crippen molar-refractivity contribution in [3.63, 3.8) is 0 Å². The summed E-state index contributed by atoms with van der Waals surface area (Å²) in [4.78, 5) is 26.5. The predicted molar refractivity (Wildman–Crippen MR) is 127 cm³/mol. The minimum atomic E-state index is -0.424. The SMILES string of the molecule is CCC(C)(C)OC(=O)N1CCC(CCOC(=O)c2c(I)ccc(C)c2I)CC1. The van der Waals surface area contributed by atoms with Crippen LogP contribution in [0.3, 0.4) is 0 Å². The van der Waals surface area contributed by atoms with Crippen LogP contribution < -0.4 is 0 Å². The van der Waals surface area contributed by atoms with Crippen LogP contribution in [0.1, 0.15) is 62.4 Å². The van der Waals surface area contributed by atoms with Gasteiger partial charge in [-0.15, -0.1) is 0 Å². The number of benzene rings is 1. The minimum Gasteiger partial charge on any atom is -0.462 e. The molecule has 1 heterocycles. The Labute approximate surface area is 195 Å². The van der Waals surface area contributed by atoms with Gasteiger partial charge in [0.1, 0.15) is 5.60 Å². The normalized spacial score (nSPS) is 15.4. The van der Waals surface area contributed by atoms with E-state index < -0.39 is 5.60 Å². The smallest absolute Gasteiger partial charge is 0.410 e. The van der Waals surface area contributed by atoms with Gasteiger partial charge < -0.3 is 14.4 Å². The molecule has 1 aliphatic rings. The predicted octanol–water partition coefficient (Wildman–Crippen LogP) is 5.79. The molecule has 0 bridgehead atoms. The standard InChI is InChI=1S/C21H29I2NO4/c1-5-21(3,4)28-20(26)24-11-8-15(9-12-24)10-13-27-19(25)17-16(22)7-6-14(2)18(17)23/h6-7,15H,5,8-13H2,1-4H3. The van der Waals surface area contributed by atoms with Gasteiger partial charge in [-0.2, -0.15) is 0 Å². The van der Waals surface area contributed by atoms with E-state index in [4.69, 9.17) is 9.47 Å². The van der Waals surface area contributed by atoms with Crippen LogP contribution >= 0.6 is 45.2 Å². The minimum absolute atomic E-state index is 0.222. The number of piperidine rings is 1. The highest BCUT2D eigenvalue weighted by molar-refractivity contribution is 14.1. The Bertz CT molecular complexity index is 713. The molecule has 0 spiro atoms. The lowest BCUT2D eigenvalue weighted by Gasteiger charge is -2.34. The van der Waals surface area contributed by atoms with Gasteiger partial charge in [0, 0.05) is 20.2 Å². The molecule has 0 aliphatic carbocycles. The Balaban J connectivity index is 1.77. The van der Waals surface area contributed by atoms with E-state index in [2.05, 4.69) is 45.2 Å². The number of likely N-dealkylation sites (tertiary alicyclic amines) is 1. The molecule has 1 aromatic rings. The molecule has 1 aromatic carbocycles. The van der Waals surface area contributed by atoms with Crippen molar-refractivity contribution in [1.82, 2.24) is 4.90 Å². The topological polar surface area (TPSA) is 55.8 Å². The van der Waals surface area contributed by atoms with Gasteiger partial charge in [0.25, 0.3) is 0 Å². The summed E-state index contributed by atoms with van der Waals surface area (Å²) in [6, 6.07) is 3.96. The first-order valence-corrected chi connectivity index (χ1v) is 11.9. The molecular formula is C21H29I2NO4. The fourth-order valence-electron chi connectivity index (χ4n) is 3.01. The Kier molecular flexibility index (Phi) is 8.84. The lowest BCUT2D eigenvalue weighted by Crippen LogP contribution is -2.42. The summed E-state index contributed by atoms with van der Waals surface area (Å²) < 4.78 is 13.0. The number of carbonyl (C=O) groups is 2. The summed E-state index contributed by atoms with van der Waals surface area (Å²) in [5, 5.41) is 0. The number of aryl methyl sites for hydroxylation is 1. The van der Waals surface area contributed by atoms with Gasteiger partial charge in [-0.25, -0.2) is 9.59 Å². The third-order valence-electron chi connectivity index (χ3n) is 5.34. The maximum absolute atomic E-state index is 12.5. The van der Waals surface area contributed by atoms with Gasteiger partial charge in [0.05, 0.1) is 12.2 Å². The quantitative estimate of drug-likeness (QED) is 0.302. The van der Waals surface area contributed by atoms with Crippen LogP contribution in [0, 0.1) is 20.0 Å². The zero-order chi connectivity index (χ0) is 20.9. The van der Waals surface area contributed by atoms with Crippen molar-refractivity contribution in [3.8, 4) is 0 Å².